The van der Waals surface area contributed by atoms with Gasteiger partial charge in [0.25, 0.3) is 10.0 Å². The summed E-state index contributed by atoms with van der Waals surface area (Å²) in [5.74, 6) is 0.0696. The van der Waals surface area contributed by atoms with E-state index in [1.165, 1.54) is 10.4 Å². The molecule has 0 aliphatic carbocycles. The first-order chi connectivity index (χ1) is 12.9. The van der Waals surface area contributed by atoms with Crippen molar-refractivity contribution in [3.63, 3.8) is 0 Å². The normalized spacial score (nSPS) is 15.9. The molecule has 2 aromatic rings. The van der Waals surface area contributed by atoms with Crippen molar-refractivity contribution in [1.29, 1.82) is 0 Å². The molecule has 1 aromatic heterocycles. The Bertz CT molecular complexity index is 890. The lowest BCUT2D eigenvalue weighted by molar-refractivity contribution is -0.132. The minimum atomic E-state index is -3.53. The monoisotopic (exact) mass is 446 g/mol. The van der Waals surface area contributed by atoms with Crippen molar-refractivity contribution in [3.8, 4) is 0 Å². The fourth-order valence-electron chi connectivity index (χ4n) is 2.99. The van der Waals surface area contributed by atoms with Crippen molar-refractivity contribution < 1.29 is 13.2 Å². The fourth-order valence-corrected chi connectivity index (χ4v) is 6.18. The van der Waals surface area contributed by atoms with E-state index >= 15 is 0 Å². The molecule has 1 aliphatic heterocycles. The van der Waals surface area contributed by atoms with Crippen molar-refractivity contribution in [2.45, 2.75) is 23.5 Å². The van der Waals surface area contributed by atoms with Gasteiger partial charge in [-0.15, -0.1) is 11.3 Å². The van der Waals surface area contributed by atoms with Gasteiger partial charge < -0.3 is 4.90 Å². The van der Waals surface area contributed by atoms with Crippen LogP contribution >= 0.6 is 34.5 Å². The minimum absolute atomic E-state index is 0.0696. The summed E-state index contributed by atoms with van der Waals surface area (Å²) in [6.07, 6.45) is 2.03. The summed E-state index contributed by atoms with van der Waals surface area (Å²) in [7, 11) is -3.53. The van der Waals surface area contributed by atoms with Crippen LogP contribution in [0.5, 0.6) is 0 Å². The fraction of sp³-hybridized carbons (Fsp3) is 0.389. The molecule has 0 spiro atoms. The van der Waals surface area contributed by atoms with Crippen LogP contribution in [0.2, 0.25) is 9.36 Å². The Kier molecular flexibility index (Phi) is 6.81. The summed E-state index contributed by atoms with van der Waals surface area (Å²) in [4.78, 5) is 14.1. The van der Waals surface area contributed by atoms with Crippen LogP contribution in [0.4, 0.5) is 0 Å². The maximum Gasteiger partial charge on any atom is 0.252 e. The van der Waals surface area contributed by atoms with Crippen LogP contribution in [0.25, 0.3) is 0 Å². The van der Waals surface area contributed by atoms with Gasteiger partial charge in [-0.05, 0) is 42.7 Å². The van der Waals surface area contributed by atoms with Crippen LogP contribution in [-0.2, 0) is 21.2 Å². The molecular weight excluding hydrogens is 427 g/mol. The highest BCUT2D eigenvalue weighted by molar-refractivity contribution is 7.91. The first-order valence-electron chi connectivity index (χ1n) is 8.64. The molecular formula is C18H20Cl2N2O3S2. The minimum Gasteiger partial charge on any atom is -0.340 e. The summed E-state index contributed by atoms with van der Waals surface area (Å²) in [5, 5.41) is 0.701. The van der Waals surface area contributed by atoms with Gasteiger partial charge >= 0.3 is 0 Å². The topological polar surface area (TPSA) is 57.7 Å². The van der Waals surface area contributed by atoms with Gasteiger partial charge in [0.05, 0.1) is 4.34 Å². The predicted octanol–water partition coefficient (Wildman–Crippen LogP) is 3.91. The van der Waals surface area contributed by atoms with E-state index in [1.807, 2.05) is 24.3 Å². The Morgan fingerprint density at radius 1 is 1.00 bits per heavy atom. The average molecular weight is 447 g/mol. The van der Waals surface area contributed by atoms with E-state index in [1.54, 1.807) is 11.0 Å². The van der Waals surface area contributed by atoms with E-state index in [9.17, 15) is 13.2 Å². The van der Waals surface area contributed by atoms with Gasteiger partial charge in [-0.25, -0.2) is 8.42 Å². The Morgan fingerprint density at radius 2 is 1.67 bits per heavy atom. The second kappa shape index (κ2) is 8.92. The predicted molar refractivity (Wildman–Crippen MR) is 109 cm³/mol. The van der Waals surface area contributed by atoms with Crippen LogP contribution in [-0.4, -0.2) is 49.7 Å². The first kappa shape index (κ1) is 20.6. The number of benzene rings is 1. The van der Waals surface area contributed by atoms with Gasteiger partial charge in [0.1, 0.15) is 4.21 Å². The summed E-state index contributed by atoms with van der Waals surface area (Å²) < 4.78 is 27.3. The van der Waals surface area contributed by atoms with Crippen molar-refractivity contribution in [1.82, 2.24) is 9.21 Å². The lowest BCUT2D eigenvalue weighted by atomic mass is 10.1. The van der Waals surface area contributed by atoms with E-state index < -0.39 is 10.0 Å². The summed E-state index contributed by atoms with van der Waals surface area (Å²) in [6, 6.07) is 10.7. The number of hydrogen-bond donors (Lipinski definition) is 0. The molecule has 3 rings (SSSR count). The van der Waals surface area contributed by atoms with E-state index in [0.29, 0.717) is 42.0 Å². The number of carbonyl (C=O) groups excluding carboxylic acids is 1. The Balaban J connectivity index is 1.47. The highest BCUT2D eigenvalue weighted by atomic mass is 35.5. The van der Waals surface area contributed by atoms with E-state index in [0.717, 1.165) is 29.7 Å². The third-order valence-corrected chi connectivity index (χ3v) is 8.35. The number of amides is 1. The van der Waals surface area contributed by atoms with Gasteiger partial charge in [0.2, 0.25) is 5.91 Å². The zero-order chi connectivity index (χ0) is 19.4. The third-order valence-electron chi connectivity index (χ3n) is 4.50. The average Bonchev–Trinajstić information content (AvgIpc) is 3.10. The van der Waals surface area contributed by atoms with E-state index in [4.69, 9.17) is 23.2 Å². The SMILES string of the molecule is O=C(CCCc1ccc(Cl)cc1)N1CCN(S(=O)(=O)c2ccc(Cl)s2)CC1. The maximum atomic E-state index is 12.6. The number of hydrogen-bond acceptors (Lipinski definition) is 4. The molecule has 0 radical (unpaired) electrons. The van der Waals surface area contributed by atoms with Crippen molar-refractivity contribution >= 4 is 50.5 Å². The van der Waals surface area contributed by atoms with Crippen LogP contribution in [0.3, 0.4) is 0 Å². The highest BCUT2D eigenvalue weighted by Gasteiger charge is 2.30. The molecule has 0 saturated carbocycles. The standard InChI is InChI=1S/C18H20Cl2N2O3S2/c19-15-6-4-14(5-7-15)2-1-3-17(23)21-10-12-22(13-11-21)27(24,25)18-9-8-16(20)26-18/h4-9H,1-3,10-13H2. The Hall–Kier alpha value is -1.12. The molecule has 27 heavy (non-hydrogen) atoms. The summed E-state index contributed by atoms with van der Waals surface area (Å²) in [5.41, 5.74) is 1.15. The molecule has 1 amide bonds. The molecule has 1 fully saturated rings. The molecule has 0 N–H and O–H groups in total. The van der Waals surface area contributed by atoms with Gasteiger partial charge in [0.15, 0.2) is 0 Å². The zero-order valence-corrected chi connectivity index (χ0v) is 17.8. The largest absolute Gasteiger partial charge is 0.340 e. The number of nitrogens with zero attached hydrogens (tertiary/aromatic N) is 2. The number of halogens is 2. The van der Waals surface area contributed by atoms with Gasteiger partial charge in [-0.1, -0.05) is 35.3 Å². The van der Waals surface area contributed by atoms with Crippen LogP contribution in [0, 0.1) is 0 Å². The number of thiophene rings is 1. The second-order valence-electron chi connectivity index (χ2n) is 6.32. The molecule has 9 heteroatoms. The molecule has 0 unspecified atom stereocenters. The summed E-state index contributed by atoms with van der Waals surface area (Å²) in [6.45, 7) is 1.44. The Morgan fingerprint density at radius 3 is 2.26 bits per heavy atom. The van der Waals surface area contributed by atoms with E-state index in [-0.39, 0.29) is 10.1 Å². The summed E-state index contributed by atoms with van der Waals surface area (Å²) >= 11 is 12.8. The molecule has 0 bridgehead atoms. The smallest absolute Gasteiger partial charge is 0.252 e. The van der Waals surface area contributed by atoms with Gasteiger partial charge in [-0.3, -0.25) is 4.79 Å². The third kappa shape index (κ3) is 5.23. The lowest BCUT2D eigenvalue weighted by Crippen LogP contribution is -2.50. The van der Waals surface area contributed by atoms with Crippen molar-refractivity contribution in [2.75, 3.05) is 26.2 Å². The molecule has 1 aromatic carbocycles. The zero-order valence-electron chi connectivity index (χ0n) is 14.6. The van der Waals surface area contributed by atoms with Crippen LogP contribution in [0.15, 0.2) is 40.6 Å². The number of aryl methyl sites for hydroxylation is 1. The molecule has 146 valence electrons. The number of carbonyl (C=O) groups is 1. The first-order valence-corrected chi connectivity index (χ1v) is 11.7. The second-order valence-corrected chi connectivity index (χ2v) is 10.6. The number of sulfonamides is 1. The molecule has 5 nitrogen and oxygen atoms in total. The van der Waals surface area contributed by atoms with E-state index in [2.05, 4.69) is 0 Å². The molecule has 0 atom stereocenters. The quantitative estimate of drug-likeness (QED) is 0.675. The number of rotatable bonds is 6. The molecule has 2 heterocycles. The number of piperazine rings is 1. The van der Waals surface area contributed by atoms with Crippen molar-refractivity contribution in [2.24, 2.45) is 0 Å². The highest BCUT2D eigenvalue weighted by Crippen LogP contribution is 2.28. The van der Waals surface area contributed by atoms with Crippen molar-refractivity contribution in [3.05, 3.63) is 51.3 Å². The van der Waals surface area contributed by atoms with Crippen LogP contribution < -0.4 is 0 Å². The Labute approximate surface area is 173 Å². The lowest BCUT2D eigenvalue weighted by Gasteiger charge is -2.33. The maximum absolute atomic E-state index is 12.6. The van der Waals surface area contributed by atoms with Gasteiger partial charge in [0, 0.05) is 37.6 Å². The van der Waals surface area contributed by atoms with Crippen LogP contribution in [0.1, 0.15) is 18.4 Å². The molecule has 1 aliphatic rings. The van der Waals surface area contributed by atoms with Gasteiger partial charge in [-0.2, -0.15) is 4.31 Å². The molecule has 1 saturated heterocycles.